The Morgan fingerprint density at radius 1 is 0.833 bits per heavy atom. The normalized spacial score (nSPS) is 8.00. The van der Waals surface area contributed by atoms with Gasteiger partial charge in [-0.25, -0.2) is 0 Å². The number of hydrogen-bond acceptors (Lipinski definition) is 4. The average Bonchev–Trinajstić information content (AvgIpc) is 2.09. The number of thiocarbonyl (C=S) groups is 2. The minimum atomic E-state index is 0.758. The van der Waals surface area contributed by atoms with Gasteiger partial charge >= 0.3 is 0 Å². The average molecular weight is 192 g/mol. The van der Waals surface area contributed by atoms with Crippen LogP contribution in [-0.2, 0) is 0 Å². The lowest BCUT2D eigenvalue weighted by atomic mass is 10.3. The topological polar surface area (TPSA) is 24.7 Å². The summed E-state index contributed by atoms with van der Waals surface area (Å²) >= 11 is 8.90. The maximum absolute atomic E-state index is 4.45. The summed E-state index contributed by atoms with van der Waals surface area (Å²) in [6.07, 6.45) is 0. The fourth-order valence-electron chi connectivity index (χ4n) is 0.707. The number of aliphatic imine (C=N–C) groups is 2. The molecular weight excluding hydrogens is 188 g/mol. The van der Waals surface area contributed by atoms with Crippen LogP contribution in [0.4, 0.5) is 11.4 Å². The largest absolute Gasteiger partial charge is 0.195 e. The fourth-order valence-corrected chi connectivity index (χ4v) is 0.918. The molecule has 0 aliphatic carbocycles. The van der Waals surface area contributed by atoms with Gasteiger partial charge in [-0.3, -0.25) is 0 Å². The van der Waals surface area contributed by atoms with Gasteiger partial charge in [-0.05, 0) is 48.7 Å². The van der Waals surface area contributed by atoms with Crippen LogP contribution in [0, 0.1) is 0 Å². The predicted octanol–water partition coefficient (Wildman–Crippen LogP) is 3.16. The van der Waals surface area contributed by atoms with E-state index >= 15 is 0 Å². The zero-order chi connectivity index (χ0) is 8.81. The zero-order valence-corrected chi connectivity index (χ0v) is 7.65. The highest BCUT2D eigenvalue weighted by Crippen LogP contribution is 2.17. The Balaban J connectivity index is 2.99. The van der Waals surface area contributed by atoms with Crippen LogP contribution in [-0.4, -0.2) is 10.3 Å². The molecule has 58 valence electrons. The molecule has 1 aromatic rings. The zero-order valence-electron chi connectivity index (χ0n) is 6.02. The minimum Gasteiger partial charge on any atom is -0.195 e. The second-order valence-electron chi connectivity index (χ2n) is 1.92. The molecule has 0 spiro atoms. The number of benzene rings is 1. The fraction of sp³-hybridized carbons (Fsp3) is 0. The number of nitrogens with zero attached hydrogens (tertiary/aromatic N) is 2. The van der Waals surface area contributed by atoms with E-state index in [1.54, 1.807) is 24.3 Å². The summed E-state index contributed by atoms with van der Waals surface area (Å²) in [5.41, 5.74) is 1.52. The van der Waals surface area contributed by atoms with Crippen LogP contribution >= 0.6 is 24.4 Å². The van der Waals surface area contributed by atoms with Gasteiger partial charge in [0.1, 0.15) is 0 Å². The molecule has 1 rings (SSSR count). The molecule has 0 aliphatic heterocycles. The van der Waals surface area contributed by atoms with Crippen molar-refractivity contribution in [3.05, 3.63) is 24.3 Å². The third-order valence-electron chi connectivity index (χ3n) is 1.20. The Morgan fingerprint density at radius 2 is 1.17 bits per heavy atom. The summed E-state index contributed by atoms with van der Waals surface area (Å²) < 4.78 is 0. The molecule has 0 heterocycles. The van der Waals surface area contributed by atoms with E-state index in [0.29, 0.717) is 0 Å². The number of rotatable bonds is 2. The Kier molecular flexibility index (Phi) is 3.45. The Bertz CT molecular complexity index is 320. The van der Waals surface area contributed by atoms with Gasteiger partial charge in [0.25, 0.3) is 0 Å². The third kappa shape index (κ3) is 2.46. The molecule has 0 saturated carbocycles. The maximum Gasteiger partial charge on any atom is 0.0741 e. The van der Waals surface area contributed by atoms with E-state index in [-0.39, 0.29) is 0 Å². The monoisotopic (exact) mass is 192 g/mol. The molecule has 0 saturated heterocycles. The van der Waals surface area contributed by atoms with Gasteiger partial charge < -0.3 is 0 Å². The molecular formula is C8H4N2S2. The standard InChI is InChI=1S/C8H4N2S2/c11-5-9-7-1-2-8(4-3-7)10-6-12/h1-4H. The highest BCUT2D eigenvalue weighted by atomic mass is 32.1. The molecule has 0 aromatic heterocycles. The van der Waals surface area contributed by atoms with Crippen molar-refractivity contribution in [3.63, 3.8) is 0 Å². The van der Waals surface area contributed by atoms with Crippen molar-refractivity contribution in [3.8, 4) is 0 Å². The van der Waals surface area contributed by atoms with Crippen LogP contribution in [0.3, 0.4) is 0 Å². The Hall–Kier alpha value is -1.18. The molecule has 0 N–H and O–H groups in total. The van der Waals surface area contributed by atoms with E-state index in [1.807, 2.05) is 0 Å². The summed E-state index contributed by atoms with van der Waals surface area (Å²) in [5, 5.41) is 4.55. The second kappa shape index (κ2) is 4.65. The second-order valence-corrected chi connectivity index (χ2v) is 2.29. The highest BCUT2D eigenvalue weighted by molar-refractivity contribution is 7.78. The van der Waals surface area contributed by atoms with Crippen LogP contribution in [0.5, 0.6) is 0 Å². The number of hydrogen-bond donors (Lipinski definition) is 0. The van der Waals surface area contributed by atoms with E-state index in [9.17, 15) is 0 Å². The van der Waals surface area contributed by atoms with Crippen LogP contribution in [0.2, 0.25) is 0 Å². The van der Waals surface area contributed by atoms with E-state index in [2.05, 4.69) is 44.7 Å². The van der Waals surface area contributed by atoms with Crippen LogP contribution in [0.15, 0.2) is 34.3 Å². The first-order valence-corrected chi connectivity index (χ1v) is 3.94. The van der Waals surface area contributed by atoms with Crippen molar-refractivity contribution >= 4 is 46.1 Å². The number of isothiocyanates is 2. The van der Waals surface area contributed by atoms with E-state index in [4.69, 9.17) is 0 Å². The summed E-state index contributed by atoms with van der Waals surface area (Å²) in [7, 11) is 0. The van der Waals surface area contributed by atoms with Crippen molar-refractivity contribution in [1.29, 1.82) is 0 Å². The molecule has 12 heavy (non-hydrogen) atoms. The molecule has 4 heteroatoms. The first kappa shape index (κ1) is 8.91. The first-order chi connectivity index (χ1) is 5.86. The first-order valence-electron chi connectivity index (χ1n) is 3.12. The van der Waals surface area contributed by atoms with Gasteiger partial charge in [-0.2, -0.15) is 9.98 Å². The minimum absolute atomic E-state index is 0.758. The van der Waals surface area contributed by atoms with Crippen molar-refractivity contribution in [2.24, 2.45) is 9.98 Å². The Labute approximate surface area is 80.7 Å². The van der Waals surface area contributed by atoms with Crippen molar-refractivity contribution < 1.29 is 0 Å². The highest BCUT2D eigenvalue weighted by Gasteiger charge is 1.88. The Morgan fingerprint density at radius 3 is 1.42 bits per heavy atom. The van der Waals surface area contributed by atoms with E-state index in [1.165, 1.54) is 0 Å². The van der Waals surface area contributed by atoms with Crippen LogP contribution in [0.25, 0.3) is 0 Å². The van der Waals surface area contributed by atoms with Gasteiger partial charge in [0.05, 0.1) is 21.7 Å². The van der Waals surface area contributed by atoms with Crippen molar-refractivity contribution in [2.45, 2.75) is 0 Å². The molecule has 0 bridgehead atoms. The molecule has 0 unspecified atom stereocenters. The van der Waals surface area contributed by atoms with Crippen molar-refractivity contribution in [1.82, 2.24) is 0 Å². The van der Waals surface area contributed by atoms with E-state index in [0.717, 1.165) is 11.4 Å². The SMILES string of the molecule is S=C=Nc1ccc(N=C=S)cc1. The van der Waals surface area contributed by atoms with Crippen molar-refractivity contribution in [2.75, 3.05) is 0 Å². The van der Waals surface area contributed by atoms with Gasteiger partial charge in [0.2, 0.25) is 0 Å². The van der Waals surface area contributed by atoms with Gasteiger partial charge in [-0.1, -0.05) is 0 Å². The molecule has 0 aliphatic rings. The van der Waals surface area contributed by atoms with E-state index < -0.39 is 0 Å². The quantitative estimate of drug-likeness (QED) is 0.531. The summed E-state index contributed by atoms with van der Waals surface area (Å²) in [6, 6.07) is 7.13. The van der Waals surface area contributed by atoms with Crippen LogP contribution in [0.1, 0.15) is 0 Å². The summed E-state index contributed by atoms with van der Waals surface area (Å²) in [5.74, 6) is 0. The smallest absolute Gasteiger partial charge is 0.0741 e. The molecule has 0 radical (unpaired) electrons. The maximum atomic E-state index is 4.45. The molecule has 2 nitrogen and oxygen atoms in total. The van der Waals surface area contributed by atoms with Gasteiger partial charge in [0.15, 0.2) is 0 Å². The van der Waals surface area contributed by atoms with Gasteiger partial charge in [0, 0.05) is 0 Å². The lowest BCUT2D eigenvalue weighted by Crippen LogP contribution is -1.63. The molecule has 0 fully saturated rings. The van der Waals surface area contributed by atoms with Gasteiger partial charge in [-0.15, -0.1) is 0 Å². The predicted molar refractivity (Wildman–Crippen MR) is 55.8 cm³/mol. The third-order valence-corrected chi connectivity index (χ3v) is 1.38. The van der Waals surface area contributed by atoms with Crippen LogP contribution < -0.4 is 0 Å². The lowest BCUT2D eigenvalue weighted by Gasteiger charge is -1.90. The molecule has 0 amide bonds. The molecule has 1 aromatic carbocycles. The lowest BCUT2D eigenvalue weighted by molar-refractivity contribution is 1.50. The summed E-state index contributed by atoms with van der Waals surface area (Å²) in [6.45, 7) is 0. The molecule has 0 atom stereocenters. The summed E-state index contributed by atoms with van der Waals surface area (Å²) in [4.78, 5) is 7.57.